The van der Waals surface area contributed by atoms with Gasteiger partial charge in [-0.05, 0) is 49.7 Å². The largest absolute Gasteiger partial charge is 0.493 e. The molecule has 0 aliphatic carbocycles. The number of nitro benzene ring substituents is 1. The number of methoxy groups -OCH3 is 2. The number of hydrogen-bond donors (Lipinski definition) is 1. The van der Waals surface area contributed by atoms with Gasteiger partial charge in [-0.15, -0.1) is 0 Å². The zero-order valence-electron chi connectivity index (χ0n) is 17.7. The molecule has 8 nitrogen and oxygen atoms in total. The Morgan fingerprint density at radius 2 is 1.87 bits per heavy atom. The molecule has 0 fully saturated rings. The molecule has 0 aliphatic rings. The Morgan fingerprint density at radius 3 is 2.55 bits per heavy atom. The van der Waals surface area contributed by atoms with Crippen LogP contribution in [0.15, 0.2) is 47.6 Å². The van der Waals surface area contributed by atoms with E-state index in [-0.39, 0.29) is 5.69 Å². The Hall–Kier alpha value is -3.52. The molecule has 0 atom stereocenters. The molecule has 1 heterocycles. The lowest BCUT2D eigenvalue weighted by molar-refractivity contribution is -0.384. The Balaban J connectivity index is 1.79. The standard InChI is InChI=1S/C22H23ClN4O4/c1-14-9-17(13-25-24-12-16-5-8-21(30-3)22(10-16)31-4)15(2)26(14)19-7-6-18(23)11-20(19)27(28)29/h5-11,13,24H,12H2,1-4H3/b25-13+. The number of aromatic nitrogens is 1. The molecule has 0 aliphatic heterocycles. The minimum absolute atomic E-state index is 0.0515. The Morgan fingerprint density at radius 1 is 1.13 bits per heavy atom. The van der Waals surface area contributed by atoms with Gasteiger partial charge < -0.3 is 19.5 Å². The topological polar surface area (TPSA) is 90.9 Å². The summed E-state index contributed by atoms with van der Waals surface area (Å²) in [6, 6.07) is 12.2. The summed E-state index contributed by atoms with van der Waals surface area (Å²) in [5, 5.41) is 16.1. The van der Waals surface area contributed by atoms with Crippen molar-refractivity contribution in [3.8, 4) is 17.2 Å². The summed E-state index contributed by atoms with van der Waals surface area (Å²) in [6.45, 7) is 4.28. The first-order valence-corrected chi connectivity index (χ1v) is 9.83. The molecule has 0 saturated carbocycles. The van der Waals surface area contributed by atoms with Crippen LogP contribution in [0.3, 0.4) is 0 Å². The van der Waals surface area contributed by atoms with E-state index in [4.69, 9.17) is 21.1 Å². The number of benzene rings is 2. The Bertz CT molecular complexity index is 1140. The highest BCUT2D eigenvalue weighted by molar-refractivity contribution is 6.30. The lowest BCUT2D eigenvalue weighted by Gasteiger charge is -2.10. The number of nitrogens with zero attached hydrogens (tertiary/aromatic N) is 3. The average Bonchev–Trinajstić information content (AvgIpc) is 3.04. The molecule has 31 heavy (non-hydrogen) atoms. The average molecular weight is 443 g/mol. The first kappa shape index (κ1) is 22.2. The van der Waals surface area contributed by atoms with Gasteiger partial charge in [-0.1, -0.05) is 17.7 Å². The van der Waals surface area contributed by atoms with Crippen molar-refractivity contribution in [1.82, 2.24) is 9.99 Å². The maximum absolute atomic E-state index is 11.5. The number of halogens is 1. The predicted molar refractivity (Wildman–Crippen MR) is 121 cm³/mol. The van der Waals surface area contributed by atoms with E-state index in [1.165, 1.54) is 6.07 Å². The van der Waals surface area contributed by atoms with Crippen molar-refractivity contribution < 1.29 is 14.4 Å². The van der Waals surface area contributed by atoms with Crippen molar-refractivity contribution >= 4 is 23.5 Å². The van der Waals surface area contributed by atoms with E-state index in [1.54, 1.807) is 32.6 Å². The molecular formula is C22H23ClN4O4. The number of aryl methyl sites for hydroxylation is 1. The number of nitro groups is 1. The third-order valence-electron chi connectivity index (χ3n) is 4.87. The lowest BCUT2D eigenvalue weighted by atomic mass is 10.2. The quantitative estimate of drug-likeness (QED) is 0.307. The maximum Gasteiger partial charge on any atom is 0.294 e. The summed E-state index contributed by atoms with van der Waals surface area (Å²) < 4.78 is 12.4. The zero-order chi connectivity index (χ0) is 22.5. The van der Waals surface area contributed by atoms with E-state index < -0.39 is 4.92 Å². The third-order valence-corrected chi connectivity index (χ3v) is 5.11. The van der Waals surface area contributed by atoms with Crippen LogP contribution in [0.5, 0.6) is 11.5 Å². The summed E-state index contributed by atoms with van der Waals surface area (Å²) >= 11 is 5.95. The van der Waals surface area contributed by atoms with E-state index in [1.807, 2.05) is 42.7 Å². The molecule has 0 unspecified atom stereocenters. The first-order valence-electron chi connectivity index (χ1n) is 9.45. The molecule has 3 aromatic rings. The number of hydrazone groups is 1. The van der Waals surface area contributed by atoms with Crippen LogP contribution in [0.4, 0.5) is 5.69 Å². The molecule has 0 amide bonds. The van der Waals surface area contributed by atoms with Gasteiger partial charge in [-0.2, -0.15) is 5.10 Å². The van der Waals surface area contributed by atoms with Gasteiger partial charge in [0.15, 0.2) is 11.5 Å². The van der Waals surface area contributed by atoms with Gasteiger partial charge in [-0.25, -0.2) is 0 Å². The number of hydrogen-bond acceptors (Lipinski definition) is 6. The van der Waals surface area contributed by atoms with Gasteiger partial charge in [0.1, 0.15) is 5.69 Å². The van der Waals surface area contributed by atoms with Crippen molar-refractivity contribution in [3.05, 3.63) is 80.1 Å². The Labute approximate surface area is 185 Å². The monoisotopic (exact) mass is 442 g/mol. The van der Waals surface area contributed by atoms with E-state index in [0.717, 1.165) is 22.5 Å². The van der Waals surface area contributed by atoms with Gasteiger partial charge in [0, 0.05) is 28.0 Å². The summed E-state index contributed by atoms with van der Waals surface area (Å²) in [7, 11) is 3.18. The number of ether oxygens (including phenoxy) is 2. The van der Waals surface area contributed by atoms with Gasteiger partial charge in [0.05, 0.1) is 31.9 Å². The van der Waals surface area contributed by atoms with Gasteiger partial charge in [-0.3, -0.25) is 10.1 Å². The Kier molecular flexibility index (Phi) is 6.81. The summed E-state index contributed by atoms with van der Waals surface area (Å²) in [5.41, 5.74) is 6.94. The molecule has 2 aromatic carbocycles. The smallest absolute Gasteiger partial charge is 0.294 e. The number of nitrogens with one attached hydrogen (secondary N) is 1. The van der Waals surface area contributed by atoms with E-state index in [0.29, 0.717) is 28.8 Å². The van der Waals surface area contributed by atoms with Crippen molar-refractivity contribution in [2.24, 2.45) is 5.10 Å². The molecule has 3 rings (SSSR count). The minimum atomic E-state index is -0.432. The van der Waals surface area contributed by atoms with Crippen molar-refractivity contribution in [3.63, 3.8) is 0 Å². The molecule has 0 radical (unpaired) electrons. The van der Waals surface area contributed by atoms with Gasteiger partial charge >= 0.3 is 0 Å². The minimum Gasteiger partial charge on any atom is -0.493 e. The molecule has 1 aromatic heterocycles. The second-order valence-electron chi connectivity index (χ2n) is 6.83. The third kappa shape index (κ3) is 4.80. The highest BCUT2D eigenvalue weighted by atomic mass is 35.5. The van der Waals surface area contributed by atoms with Crippen molar-refractivity contribution in [1.29, 1.82) is 0 Å². The lowest BCUT2D eigenvalue weighted by Crippen LogP contribution is -2.06. The summed E-state index contributed by atoms with van der Waals surface area (Å²) in [4.78, 5) is 11.1. The van der Waals surface area contributed by atoms with Gasteiger partial charge in [0.25, 0.3) is 5.69 Å². The van der Waals surface area contributed by atoms with Crippen LogP contribution in [0.2, 0.25) is 5.02 Å². The fourth-order valence-corrected chi connectivity index (χ4v) is 3.53. The fourth-order valence-electron chi connectivity index (χ4n) is 3.36. The molecule has 0 spiro atoms. The normalized spacial score (nSPS) is 11.0. The number of rotatable bonds is 8. The van der Waals surface area contributed by atoms with Crippen molar-refractivity contribution in [2.45, 2.75) is 20.4 Å². The molecule has 162 valence electrons. The highest BCUT2D eigenvalue weighted by Crippen LogP contribution is 2.30. The van der Waals surface area contributed by atoms with Gasteiger partial charge in [0.2, 0.25) is 0 Å². The van der Waals surface area contributed by atoms with E-state index in [9.17, 15) is 10.1 Å². The van der Waals surface area contributed by atoms with Crippen molar-refractivity contribution in [2.75, 3.05) is 14.2 Å². The second kappa shape index (κ2) is 9.53. The molecule has 1 N–H and O–H groups in total. The molecule has 0 saturated heterocycles. The molecule has 0 bridgehead atoms. The van der Waals surface area contributed by atoms with Crippen LogP contribution in [0.1, 0.15) is 22.5 Å². The van der Waals surface area contributed by atoms with Crippen LogP contribution in [0.25, 0.3) is 5.69 Å². The van der Waals surface area contributed by atoms with Crippen LogP contribution in [-0.4, -0.2) is 29.9 Å². The molecular weight excluding hydrogens is 420 g/mol. The SMILES string of the molecule is COc1ccc(CN/N=C/c2cc(C)n(-c3ccc(Cl)cc3[N+](=O)[O-])c2C)cc1OC. The predicted octanol–water partition coefficient (Wildman–Crippen LogP) is 4.80. The highest BCUT2D eigenvalue weighted by Gasteiger charge is 2.19. The first-order chi connectivity index (χ1) is 14.8. The van der Waals surface area contributed by atoms with Crippen LogP contribution in [-0.2, 0) is 6.54 Å². The van der Waals surface area contributed by atoms with E-state index >= 15 is 0 Å². The van der Waals surface area contributed by atoms with Crippen LogP contribution < -0.4 is 14.9 Å². The summed E-state index contributed by atoms with van der Waals surface area (Å²) in [6.07, 6.45) is 1.70. The maximum atomic E-state index is 11.5. The summed E-state index contributed by atoms with van der Waals surface area (Å²) in [5.74, 6) is 1.32. The van der Waals surface area contributed by atoms with E-state index in [2.05, 4.69) is 10.5 Å². The molecule has 9 heteroatoms. The van der Waals surface area contributed by atoms with Crippen LogP contribution in [0, 0.1) is 24.0 Å². The van der Waals surface area contributed by atoms with Crippen LogP contribution >= 0.6 is 11.6 Å². The second-order valence-corrected chi connectivity index (χ2v) is 7.27. The zero-order valence-corrected chi connectivity index (χ0v) is 18.4. The fraction of sp³-hybridized carbons (Fsp3) is 0.227.